The van der Waals surface area contributed by atoms with Gasteiger partial charge in [-0.1, -0.05) is 23.9 Å². The Balaban J connectivity index is 0.994. The molecule has 0 aromatic heterocycles. The molecule has 2 aromatic rings. The number of hydrogen-bond donors (Lipinski definition) is 0. The van der Waals surface area contributed by atoms with Crippen LogP contribution in [0, 0.1) is 0 Å². The fraction of sp³-hybridized carbons (Fsp3) is 0.692. The number of piperazine rings is 1. The van der Waals surface area contributed by atoms with Crippen molar-refractivity contribution in [3.8, 4) is 0 Å². The lowest BCUT2D eigenvalue weighted by atomic mass is 10.1. The van der Waals surface area contributed by atoms with Gasteiger partial charge >= 0.3 is 6.18 Å². The van der Waals surface area contributed by atoms with Gasteiger partial charge in [-0.05, 0) is 43.3 Å². The van der Waals surface area contributed by atoms with Crippen LogP contribution in [0.4, 0.5) is 24.5 Å². The quantitative estimate of drug-likeness (QED) is 0.107. The maximum atomic E-state index is 13.6. The molecule has 0 saturated carbocycles. The van der Waals surface area contributed by atoms with E-state index in [1.807, 2.05) is 24.3 Å². The molecule has 4 rings (SSSR count). The Hall–Kier alpha value is -2.06. The number of hydrogen-bond acceptors (Lipinski definition) is 13. The first-order valence-electron chi connectivity index (χ1n) is 18.9. The molecule has 2 aliphatic rings. The number of rotatable bonds is 28. The van der Waals surface area contributed by atoms with Crippen molar-refractivity contribution < 1.29 is 55.8 Å². The number of anilines is 2. The predicted octanol–water partition coefficient (Wildman–Crippen LogP) is 5.09. The van der Waals surface area contributed by atoms with Gasteiger partial charge in [-0.2, -0.15) is 13.2 Å². The van der Waals surface area contributed by atoms with Crippen molar-refractivity contribution in [2.75, 3.05) is 152 Å². The zero-order valence-electron chi connectivity index (χ0n) is 32.8. The monoisotopic (exact) mass is 803 g/mol. The summed E-state index contributed by atoms with van der Waals surface area (Å²) in [4.78, 5) is 8.80. The molecule has 3 atom stereocenters. The first-order chi connectivity index (χ1) is 26.7. The third-order valence-corrected chi connectivity index (χ3v) is 10.6. The lowest BCUT2D eigenvalue weighted by Gasteiger charge is -2.36. The molecule has 0 amide bonds. The van der Waals surface area contributed by atoms with Crippen molar-refractivity contribution >= 4 is 23.1 Å². The van der Waals surface area contributed by atoms with Crippen LogP contribution in [0.1, 0.15) is 12.0 Å². The highest BCUT2D eigenvalue weighted by Gasteiger charge is 2.33. The van der Waals surface area contributed by atoms with Crippen LogP contribution >= 0.6 is 11.8 Å². The van der Waals surface area contributed by atoms with Gasteiger partial charge in [-0.3, -0.25) is 4.90 Å². The largest absolute Gasteiger partial charge is 0.416 e. The Morgan fingerprint density at radius 2 is 1.11 bits per heavy atom. The SMILES string of the molecule is COCC(COCC(COCC(COCCOCCOCCN1CCN(CCCN2c3ccccc3Sc3ccc(C(F)(F)F)cc32)CC1)OC)OC)OC. The molecule has 1 saturated heterocycles. The van der Waals surface area contributed by atoms with Crippen LogP contribution in [0.5, 0.6) is 0 Å². The Morgan fingerprint density at radius 3 is 1.71 bits per heavy atom. The van der Waals surface area contributed by atoms with Crippen molar-refractivity contribution in [1.29, 1.82) is 0 Å². The number of alkyl halides is 3. The van der Waals surface area contributed by atoms with Gasteiger partial charge in [0.25, 0.3) is 0 Å². The van der Waals surface area contributed by atoms with Crippen molar-refractivity contribution in [3.63, 3.8) is 0 Å². The van der Waals surface area contributed by atoms with E-state index in [1.165, 1.54) is 23.9 Å². The molecular formula is C39H60F3N3O9S. The van der Waals surface area contributed by atoms with Gasteiger partial charge in [0.1, 0.15) is 18.3 Å². The summed E-state index contributed by atoms with van der Waals surface area (Å²) in [5.74, 6) is 0. The number of nitrogens with zero attached hydrogens (tertiary/aromatic N) is 3. The van der Waals surface area contributed by atoms with Gasteiger partial charge in [-0.25, -0.2) is 0 Å². The minimum atomic E-state index is -4.38. The highest BCUT2D eigenvalue weighted by molar-refractivity contribution is 7.99. The van der Waals surface area contributed by atoms with Gasteiger partial charge < -0.3 is 52.4 Å². The average Bonchev–Trinajstić information content (AvgIpc) is 3.19. The standard InChI is InChI=1S/C39H60F3N3O9S/c1-46-25-32(47-2)27-53-29-34(49-4)30-54-28-33(48-3)26-52-23-22-51-21-20-50-19-18-44-16-14-43(15-17-44)12-7-13-45-35-8-5-6-9-37(35)55-38-11-10-31(24-36(38)45)39(40,41)42/h5-6,8-11,24,32-34H,7,12-23,25-30H2,1-4H3. The normalized spacial score (nSPS) is 16.9. The summed E-state index contributed by atoms with van der Waals surface area (Å²) in [6.45, 7) is 11.1. The van der Waals surface area contributed by atoms with Gasteiger partial charge in [-0.15, -0.1) is 0 Å². The second-order valence-corrected chi connectivity index (χ2v) is 14.4. The van der Waals surface area contributed by atoms with Crippen molar-refractivity contribution in [1.82, 2.24) is 9.80 Å². The molecule has 12 nitrogen and oxygen atoms in total. The molecule has 16 heteroatoms. The zero-order valence-corrected chi connectivity index (χ0v) is 33.6. The van der Waals surface area contributed by atoms with Gasteiger partial charge in [0.15, 0.2) is 0 Å². The van der Waals surface area contributed by atoms with Crippen LogP contribution in [0.3, 0.4) is 0 Å². The molecule has 0 aliphatic carbocycles. The van der Waals surface area contributed by atoms with Crippen LogP contribution in [0.15, 0.2) is 52.3 Å². The molecule has 2 aromatic carbocycles. The van der Waals surface area contributed by atoms with Gasteiger partial charge in [0, 0.05) is 77.5 Å². The lowest BCUT2D eigenvalue weighted by Crippen LogP contribution is -2.47. The maximum Gasteiger partial charge on any atom is 0.416 e. The number of methoxy groups -OCH3 is 4. The molecule has 0 N–H and O–H groups in total. The molecular weight excluding hydrogens is 744 g/mol. The van der Waals surface area contributed by atoms with E-state index in [-0.39, 0.29) is 18.3 Å². The summed E-state index contributed by atoms with van der Waals surface area (Å²) < 4.78 is 90.6. The number of halogens is 3. The Labute approximate surface area is 328 Å². The van der Waals surface area contributed by atoms with E-state index in [2.05, 4.69) is 14.7 Å². The fourth-order valence-electron chi connectivity index (χ4n) is 6.18. The van der Waals surface area contributed by atoms with Crippen LogP contribution in [-0.4, -0.2) is 175 Å². The molecule has 312 valence electrons. The second-order valence-electron chi connectivity index (χ2n) is 13.3. The van der Waals surface area contributed by atoms with E-state index in [0.29, 0.717) is 84.9 Å². The molecule has 2 aliphatic heterocycles. The zero-order chi connectivity index (χ0) is 39.3. The summed E-state index contributed by atoms with van der Waals surface area (Å²) >= 11 is 1.52. The molecule has 0 radical (unpaired) electrons. The first-order valence-corrected chi connectivity index (χ1v) is 19.7. The highest BCUT2D eigenvalue weighted by atomic mass is 32.2. The number of ether oxygens (including phenoxy) is 9. The molecule has 55 heavy (non-hydrogen) atoms. The van der Waals surface area contributed by atoms with Crippen LogP contribution in [0.2, 0.25) is 0 Å². The number of para-hydroxylation sites is 1. The average molecular weight is 804 g/mol. The van der Waals surface area contributed by atoms with E-state index < -0.39 is 11.7 Å². The van der Waals surface area contributed by atoms with E-state index in [0.717, 1.165) is 61.2 Å². The molecule has 0 spiro atoms. The number of fused-ring (bicyclic) bond motifs is 2. The van der Waals surface area contributed by atoms with E-state index >= 15 is 0 Å². The minimum absolute atomic E-state index is 0.128. The van der Waals surface area contributed by atoms with Crippen molar-refractivity contribution in [2.45, 2.75) is 40.7 Å². The smallest absolute Gasteiger partial charge is 0.382 e. The van der Waals surface area contributed by atoms with E-state index in [1.54, 1.807) is 34.5 Å². The summed E-state index contributed by atoms with van der Waals surface area (Å²) in [5.41, 5.74) is 0.981. The summed E-state index contributed by atoms with van der Waals surface area (Å²) in [6.07, 6.45) is -4.08. The van der Waals surface area contributed by atoms with Crippen molar-refractivity contribution in [3.05, 3.63) is 48.0 Å². The third-order valence-electron chi connectivity index (χ3n) is 9.44. The van der Waals surface area contributed by atoms with Crippen LogP contribution < -0.4 is 4.90 Å². The topological polar surface area (TPSA) is 92.8 Å². The lowest BCUT2D eigenvalue weighted by molar-refractivity contribution is -0.137. The Kier molecular flexibility index (Phi) is 21.0. The van der Waals surface area contributed by atoms with E-state index in [9.17, 15) is 13.2 Å². The van der Waals surface area contributed by atoms with Gasteiger partial charge in [0.2, 0.25) is 0 Å². The predicted molar refractivity (Wildman–Crippen MR) is 205 cm³/mol. The molecule has 3 unspecified atom stereocenters. The number of benzene rings is 2. The summed E-state index contributed by atoms with van der Waals surface area (Å²) in [5, 5.41) is 0. The molecule has 2 heterocycles. The Morgan fingerprint density at radius 1 is 0.582 bits per heavy atom. The van der Waals surface area contributed by atoms with Crippen LogP contribution in [-0.2, 0) is 48.8 Å². The highest BCUT2D eigenvalue weighted by Crippen LogP contribution is 2.49. The molecule has 1 fully saturated rings. The third kappa shape index (κ3) is 16.0. The summed E-state index contributed by atoms with van der Waals surface area (Å²) in [7, 11) is 6.49. The minimum Gasteiger partial charge on any atom is -0.382 e. The summed E-state index contributed by atoms with van der Waals surface area (Å²) in [6, 6.07) is 12.0. The van der Waals surface area contributed by atoms with E-state index in [4.69, 9.17) is 42.6 Å². The Bertz CT molecular complexity index is 1340. The fourth-order valence-corrected chi connectivity index (χ4v) is 7.26. The molecule has 0 bridgehead atoms. The van der Waals surface area contributed by atoms with Crippen molar-refractivity contribution in [2.24, 2.45) is 0 Å². The van der Waals surface area contributed by atoms with Crippen LogP contribution in [0.25, 0.3) is 0 Å². The maximum absolute atomic E-state index is 13.6. The second kappa shape index (κ2) is 25.3. The first kappa shape index (κ1) is 45.6. The van der Waals surface area contributed by atoms with Gasteiger partial charge in [0.05, 0.1) is 89.6 Å².